The summed E-state index contributed by atoms with van der Waals surface area (Å²) in [6.45, 7) is 0. The number of fused-ring (bicyclic) bond motifs is 9. The normalized spacial score (nSPS) is 17.9. The molecular weight excluding hydrogens is 548 g/mol. The molecule has 45 heavy (non-hydrogen) atoms. The maximum absolute atomic E-state index is 9.92. The molecule has 3 heterocycles. The fraction of sp³-hybridized carbons (Fsp3) is 0. The van der Waals surface area contributed by atoms with Crippen molar-refractivity contribution in [2.45, 2.75) is 0 Å². The average molecular weight is 594 g/mol. The van der Waals surface area contributed by atoms with Gasteiger partial charge in [0.05, 0.1) is 53.8 Å². The van der Waals surface area contributed by atoms with Crippen molar-refractivity contribution in [2.75, 3.05) is 0 Å². The van der Waals surface area contributed by atoms with Crippen LogP contribution in [0.5, 0.6) is 0 Å². The molecule has 0 aliphatic heterocycles. The first-order valence-electron chi connectivity index (χ1n) is 23.3. The van der Waals surface area contributed by atoms with Crippen LogP contribution in [0.15, 0.2) is 162 Å². The highest BCUT2D eigenvalue weighted by Crippen LogP contribution is 2.42. The lowest BCUT2D eigenvalue weighted by atomic mass is 9.98. The molecule has 0 amide bonds. The molecule has 0 atom stereocenters. The summed E-state index contributed by atoms with van der Waals surface area (Å²) in [6, 6.07) is -2.21. The Balaban J connectivity index is 1.48. The van der Waals surface area contributed by atoms with Crippen LogP contribution in [0.3, 0.4) is 0 Å². The molecule has 0 saturated carbocycles. The monoisotopic (exact) mass is 593 g/mol. The smallest absolute Gasteiger partial charge is 0.136 e. The Morgan fingerprint density at radius 3 is 1.82 bits per heavy atom. The Bertz CT molecular complexity index is 3770. The minimum atomic E-state index is -0.860. The Kier molecular flexibility index (Phi) is 2.56. The van der Waals surface area contributed by atoms with Crippen molar-refractivity contribution in [1.82, 2.24) is 9.13 Å². The van der Waals surface area contributed by atoms with E-state index in [1.807, 2.05) is 0 Å². The van der Waals surface area contributed by atoms with Gasteiger partial charge in [-0.25, -0.2) is 0 Å². The lowest BCUT2D eigenvalue weighted by Gasteiger charge is -2.15. The molecule has 3 heteroatoms. The van der Waals surface area contributed by atoms with Gasteiger partial charge in [-0.1, -0.05) is 103 Å². The minimum absolute atomic E-state index is 0.176. The predicted molar refractivity (Wildman–Crippen MR) is 188 cm³/mol. The first-order chi connectivity index (χ1) is 30.3. The summed E-state index contributed by atoms with van der Waals surface area (Å²) >= 11 is 0. The number of furan rings is 1. The number of rotatable bonds is 3. The Morgan fingerprint density at radius 2 is 1.04 bits per heavy atom. The second kappa shape index (κ2) is 9.22. The molecule has 0 radical (unpaired) electrons. The van der Waals surface area contributed by atoms with Crippen LogP contribution in [0.2, 0.25) is 0 Å². The van der Waals surface area contributed by atoms with E-state index >= 15 is 0 Å². The van der Waals surface area contributed by atoms with Crippen LogP contribution < -0.4 is 0 Å². The lowest BCUT2D eigenvalue weighted by Crippen LogP contribution is -1.98. The first kappa shape index (κ1) is 12.5. The van der Waals surface area contributed by atoms with Crippen molar-refractivity contribution in [3.8, 4) is 22.5 Å². The van der Waals surface area contributed by atoms with E-state index in [1.54, 1.807) is 42.5 Å². The van der Waals surface area contributed by atoms with Gasteiger partial charge in [-0.3, -0.25) is 0 Å². The third kappa shape index (κ3) is 3.41. The Labute approximate surface area is 285 Å². The molecule has 7 aromatic carbocycles. The molecule has 3 aromatic heterocycles. The summed E-state index contributed by atoms with van der Waals surface area (Å²) in [5, 5.41) is -0.563. The van der Waals surface area contributed by atoms with Crippen molar-refractivity contribution in [3.05, 3.63) is 157 Å². The summed E-state index contributed by atoms with van der Waals surface area (Å²) in [6.07, 6.45) is 0. The largest absolute Gasteiger partial charge is 0.456 e. The lowest BCUT2D eigenvalue weighted by molar-refractivity contribution is 0.669. The number of hydrogen-bond acceptors (Lipinski definition) is 1. The van der Waals surface area contributed by atoms with Gasteiger partial charge in [-0.05, 0) is 60.0 Å². The van der Waals surface area contributed by atoms with Crippen molar-refractivity contribution in [1.29, 1.82) is 0 Å². The molecule has 0 bridgehead atoms. The molecule has 0 saturated heterocycles. The van der Waals surface area contributed by atoms with Gasteiger partial charge in [0.2, 0.25) is 0 Å². The fourth-order valence-electron chi connectivity index (χ4n) is 6.14. The van der Waals surface area contributed by atoms with E-state index in [2.05, 4.69) is 0 Å². The van der Waals surface area contributed by atoms with E-state index in [4.69, 9.17) is 20.9 Å². The van der Waals surface area contributed by atoms with Gasteiger partial charge < -0.3 is 13.6 Å². The molecule has 0 aliphatic rings. The average Bonchev–Trinajstić information content (AvgIpc) is 3.96. The zero-order valence-electron chi connectivity index (χ0n) is 41.8. The number of para-hydroxylation sites is 5. The van der Waals surface area contributed by atoms with Crippen molar-refractivity contribution in [2.24, 2.45) is 0 Å². The van der Waals surface area contributed by atoms with Crippen molar-refractivity contribution in [3.63, 3.8) is 0 Å². The summed E-state index contributed by atoms with van der Waals surface area (Å²) in [5.41, 5.74) is -1.99. The van der Waals surface area contributed by atoms with Gasteiger partial charge in [0.25, 0.3) is 0 Å². The van der Waals surface area contributed by atoms with Gasteiger partial charge in [0, 0.05) is 43.6 Å². The van der Waals surface area contributed by atoms with Crippen molar-refractivity contribution >= 4 is 65.6 Å². The fourth-order valence-corrected chi connectivity index (χ4v) is 6.14. The molecule has 210 valence electrons. The SMILES string of the molecule is [2H]c1c([2H])c([2H])c(-n2c3c([2H])c([2H])c([2H])c([2H])c3c3c([2H])c(-n4c5c([2H])c([2H])c([2H])c([2H])c5c5c([2H])c([2H])c([2H])c([2H])c54)c([2H])c([2H])c32)c(-c2cccc3oc4ccccc4c23)c1[2H]. The predicted octanol–water partition coefficient (Wildman–Crippen LogP) is 11.4. The summed E-state index contributed by atoms with van der Waals surface area (Å²) in [7, 11) is 0. The quantitative estimate of drug-likeness (QED) is 0.200. The molecule has 0 fully saturated rings. The topological polar surface area (TPSA) is 23.0 Å². The van der Waals surface area contributed by atoms with E-state index in [1.165, 1.54) is 0 Å². The Morgan fingerprint density at radius 1 is 0.444 bits per heavy atom. The molecule has 3 nitrogen and oxygen atoms in total. The molecule has 0 spiro atoms. The standard InChI is InChI=1S/C42H26N2O/c1-6-18-35-28(12-1)29-13-2-7-19-36(29)43(35)27-24-25-39-34(26-27)31-15-4-9-21-38(31)44(39)37-20-8-3-14-30(37)32-17-11-23-41-42(32)33-16-5-10-22-40(33)45-41/h1-26H/i1D,2D,3D,4D,6D,7D,8D,9D,12D,13D,14D,15D,18D,19D,20D,21D,24D,25D,26D. The number of benzene rings is 7. The van der Waals surface area contributed by atoms with Crippen LogP contribution in [-0.4, -0.2) is 9.13 Å². The van der Waals surface area contributed by atoms with Crippen molar-refractivity contribution < 1.29 is 30.5 Å². The maximum atomic E-state index is 9.92. The third-order valence-corrected chi connectivity index (χ3v) is 7.96. The summed E-state index contributed by atoms with van der Waals surface area (Å²) in [4.78, 5) is 0. The number of hydrogen-bond donors (Lipinski definition) is 0. The van der Waals surface area contributed by atoms with E-state index in [0.717, 1.165) is 9.13 Å². The number of nitrogens with zero attached hydrogens (tertiary/aromatic N) is 2. The van der Waals surface area contributed by atoms with E-state index < -0.39 is 159 Å². The highest BCUT2D eigenvalue weighted by atomic mass is 16.3. The molecule has 0 unspecified atom stereocenters. The zero-order valence-corrected chi connectivity index (χ0v) is 22.8. The van der Waals surface area contributed by atoms with Gasteiger partial charge in [0.1, 0.15) is 11.2 Å². The van der Waals surface area contributed by atoms with Crippen LogP contribution in [-0.2, 0) is 0 Å². The highest BCUT2D eigenvalue weighted by Gasteiger charge is 2.20. The van der Waals surface area contributed by atoms with Crippen LogP contribution in [0.1, 0.15) is 26.0 Å². The van der Waals surface area contributed by atoms with E-state index in [0.29, 0.717) is 21.9 Å². The molecule has 0 aliphatic carbocycles. The Hall–Kier alpha value is -6.06. The zero-order chi connectivity index (χ0) is 46.0. The second-order valence-electron chi connectivity index (χ2n) is 10.3. The van der Waals surface area contributed by atoms with Crippen LogP contribution in [0.4, 0.5) is 0 Å². The summed E-state index contributed by atoms with van der Waals surface area (Å²) in [5.74, 6) is 0. The molecule has 10 rings (SSSR count). The van der Waals surface area contributed by atoms with Gasteiger partial charge in [0.15, 0.2) is 0 Å². The molecule has 0 N–H and O–H groups in total. The third-order valence-electron chi connectivity index (χ3n) is 7.96. The minimum Gasteiger partial charge on any atom is -0.456 e. The first-order valence-corrected chi connectivity index (χ1v) is 13.8. The van der Waals surface area contributed by atoms with Crippen LogP contribution in [0.25, 0.3) is 88.1 Å². The van der Waals surface area contributed by atoms with Crippen LogP contribution >= 0.6 is 0 Å². The maximum Gasteiger partial charge on any atom is 0.136 e. The second-order valence-corrected chi connectivity index (χ2v) is 10.3. The number of aromatic nitrogens is 2. The molecular formula is C42H26N2O. The highest BCUT2D eigenvalue weighted by molar-refractivity contribution is 6.15. The van der Waals surface area contributed by atoms with Gasteiger partial charge in [-0.15, -0.1) is 0 Å². The molecule has 10 aromatic rings. The van der Waals surface area contributed by atoms with Gasteiger partial charge >= 0.3 is 0 Å². The van der Waals surface area contributed by atoms with Gasteiger partial charge in [-0.2, -0.15) is 0 Å². The summed E-state index contributed by atoms with van der Waals surface area (Å²) < 4.78 is 180. The van der Waals surface area contributed by atoms with E-state index in [9.17, 15) is 9.60 Å². The van der Waals surface area contributed by atoms with Crippen LogP contribution in [0, 0.1) is 0 Å². The van der Waals surface area contributed by atoms with E-state index in [-0.39, 0.29) is 21.9 Å².